The van der Waals surface area contributed by atoms with Gasteiger partial charge >= 0.3 is 0 Å². The number of rotatable bonds is 4. The van der Waals surface area contributed by atoms with Gasteiger partial charge < -0.3 is 5.73 Å². The zero-order valence-electron chi connectivity index (χ0n) is 14.5. The Kier molecular flexibility index (Phi) is 4.73. The van der Waals surface area contributed by atoms with Crippen LogP contribution < -0.4 is 5.73 Å². The molecule has 0 saturated carbocycles. The summed E-state index contributed by atoms with van der Waals surface area (Å²) in [6.07, 6.45) is 3.54. The summed E-state index contributed by atoms with van der Waals surface area (Å²) in [4.78, 5) is 4.42. The number of halogens is 1. The highest BCUT2D eigenvalue weighted by atomic mass is 35.5. The maximum absolute atomic E-state index is 6.00. The second-order valence-electron chi connectivity index (χ2n) is 6.07. The van der Waals surface area contributed by atoms with Gasteiger partial charge in [-0.1, -0.05) is 78.3 Å². The van der Waals surface area contributed by atoms with Crippen LogP contribution in [-0.2, 0) is 0 Å². The molecule has 27 heavy (non-hydrogen) atoms. The molecule has 0 aliphatic carbocycles. The van der Waals surface area contributed by atoms with Crippen molar-refractivity contribution in [1.82, 2.24) is 9.66 Å². The van der Waals surface area contributed by atoms with E-state index < -0.39 is 0 Å². The van der Waals surface area contributed by atoms with E-state index in [0.29, 0.717) is 11.0 Å². The Morgan fingerprint density at radius 1 is 0.815 bits per heavy atom. The lowest BCUT2D eigenvalue weighted by Gasteiger charge is -2.02. The van der Waals surface area contributed by atoms with E-state index in [2.05, 4.69) is 34.4 Å². The maximum atomic E-state index is 6.00. The summed E-state index contributed by atoms with van der Waals surface area (Å²) >= 11 is 5.90. The van der Waals surface area contributed by atoms with E-state index in [1.807, 2.05) is 60.8 Å². The summed E-state index contributed by atoms with van der Waals surface area (Å²) in [5, 5.41) is 5.07. The van der Waals surface area contributed by atoms with Crippen molar-refractivity contribution < 1.29 is 0 Å². The third-order valence-corrected chi connectivity index (χ3v) is 4.46. The molecule has 0 unspecified atom stereocenters. The standard InChI is InChI=1S/C22H17ClN4/c23-20-12-6-16(7-13-20)14-25-27-15-21(26-22(27)24)19-10-8-18(9-11-19)17-4-2-1-3-5-17/h1-15H,(H2,24,26)/b25-14+. The smallest absolute Gasteiger partial charge is 0.221 e. The van der Waals surface area contributed by atoms with Crippen molar-refractivity contribution in [2.75, 3.05) is 5.73 Å². The molecule has 0 aliphatic heterocycles. The molecular weight excluding hydrogens is 356 g/mol. The highest BCUT2D eigenvalue weighted by molar-refractivity contribution is 6.30. The molecule has 1 heterocycles. The number of imidazole rings is 1. The molecule has 0 bridgehead atoms. The van der Waals surface area contributed by atoms with Crippen LogP contribution in [0.3, 0.4) is 0 Å². The molecule has 4 nitrogen and oxygen atoms in total. The van der Waals surface area contributed by atoms with Crippen molar-refractivity contribution in [2.24, 2.45) is 5.10 Å². The Hall–Kier alpha value is -3.37. The van der Waals surface area contributed by atoms with Crippen LogP contribution in [0.5, 0.6) is 0 Å². The lowest BCUT2D eigenvalue weighted by molar-refractivity contribution is 0.898. The first-order valence-electron chi connectivity index (χ1n) is 8.50. The lowest BCUT2D eigenvalue weighted by Crippen LogP contribution is -1.96. The third kappa shape index (κ3) is 3.91. The zero-order chi connectivity index (χ0) is 18.6. The minimum Gasteiger partial charge on any atom is -0.368 e. The molecule has 0 saturated heterocycles. The van der Waals surface area contributed by atoms with Crippen molar-refractivity contribution in [1.29, 1.82) is 0 Å². The fourth-order valence-corrected chi connectivity index (χ4v) is 2.88. The van der Waals surface area contributed by atoms with E-state index in [1.165, 1.54) is 5.56 Å². The Morgan fingerprint density at radius 3 is 2.15 bits per heavy atom. The zero-order valence-corrected chi connectivity index (χ0v) is 15.2. The molecule has 2 N–H and O–H groups in total. The van der Waals surface area contributed by atoms with Crippen LogP contribution in [0.25, 0.3) is 22.4 Å². The molecule has 0 spiro atoms. The van der Waals surface area contributed by atoms with Gasteiger partial charge in [0.25, 0.3) is 0 Å². The maximum Gasteiger partial charge on any atom is 0.221 e. The van der Waals surface area contributed by atoms with Crippen molar-refractivity contribution in [3.05, 3.63) is 95.6 Å². The van der Waals surface area contributed by atoms with E-state index in [0.717, 1.165) is 22.4 Å². The van der Waals surface area contributed by atoms with Gasteiger partial charge in [-0.3, -0.25) is 0 Å². The third-order valence-electron chi connectivity index (χ3n) is 4.20. The number of hydrogen-bond acceptors (Lipinski definition) is 3. The van der Waals surface area contributed by atoms with Gasteiger partial charge in [-0.25, -0.2) is 9.66 Å². The predicted octanol–water partition coefficient (Wildman–Crippen LogP) is 5.33. The average molecular weight is 373 g/mol. The molecular formula is C22H17ClN4. The van der Waals surface area contributed by atoms with E-state index in [1.54, 1.807) is 10.9 Å². The summed E-state index contributed by atoms with van der Waals surface area (Å²) in [5.74, 6) is 0.336. The lowest BCUT2D eigenvalue weighted by atomic mass is 10.0. The van der Waals surface area contributed by atoms with Gasteiger partial charge in [-0.2, -0.15) is 5.10 Å². The van der Waals surface area contributed by atoms with Crippen LogP contribution in [0, 0.1) is 0 Å². The summed E-state index contributed by atoms with van der Waals surface area (Å²) < 4.78 is 1.56. The molecule has 0 radical (unpaired) electrons. The minimum atomic E-state index is 0.336. The minimum absolute atomic E-state index is 0.336. The van der Waals surface area contributed by atoms with Crippen LogP contribution in [0.15, 0.2) is 90.2 Å². The molecule has 4 rings (SSSR count). The van der Waals surface area contributed by atoms with Crippen LogP contribution >= 0.6 is 11.6 Å². The van der Waals surface area contributed by atoms with Crippen molar-refractivity contribution in [2.45, 2.75) is 0 Å². The first-order chi connectivity index (χ1) is 13.2. The van der Waals surface area contributed by atoms with Gasteiger partial charge in [0.1, 0.15) is 0 Å². The number of hydrogen-bond donors (Lipinski definition) is 1. The molecule has 0 amide bonds. The Morgan fingerprint density at radius 2 is 1.44 bits per heavy atom. The number of anilines is 1. The number of nitrogens with zero attached hydrogens (tertiary/aromatic N) is 3. The molecule has 1 aromatic heterocycles. The van der Waals surface area contributed by atoms with Gasteiger partial charge in [-0.15, -0.1) is 0 Å². The van der Waals surface area contributed by atoms with Gasteiger partial charge in [0.15, 0.2) is 0 Å². The second kappa shape index (κ2) is 7.48. The molecule has 0 fully saturated rings. The van der Waals surface area contributed by atoms with Crippen LogP contribution in [0.2, 0.25) is 5.02 Å². The normalized spacial score (nSPS) is 11.1. The Bertz CT molecular complexity index is 1070. The summed E-state index contributed by atoms with van der Waals surface area (Å²) in [7, 11) is 0. The quantitative estimate of drug-likeness (QED) is 0.492. The first kappa shape index (κ1) is 17.1. The number of nitrogen functional groups attached to an aromatic ring is 1. The summed E-state index contributed by atoms with van der Waals surface area (Å²) in [6.45, 7) is 0. The molecule has 0 aliphatic rings. The number of aromatic nitrogens is 2. The molecule has 5 heteroatoms. The monoisotopic (exact) mass is 372 g/mol. The largest absolute Gasteiger partial charge is 0.368 e. The van der Waals surface area contributed by atoms with E-state index >= 15 is 0 Å². The highest BCUT2D eigenvalue weighted by Gasteiger charge is 2.07. The van der Waals surface area contributed by atoms with E-state index in [-0.39, 0.29) is 0 Å². The van der Waals surface area contributed by atoms with Gasteiger partial charge in [0.2, 0.25) is 5.95 Å². The summed E-state index contributed by atoms with van der Waals surface area (Å²) in [5.41, 5.74) is 11.0. The van der Waals surface area contributed by atoms with Crippen molar-refractivity contribution in [3.63, 3.8) is 0 Å². The molecule has 0 atom stereocenters. The van der Waals surface area contributed by atoms with E-state index in [9.17, 15) is 0 Å². The van der Waals surface area contributed by atoms with Crippen molar-refractivity contribution in [3.8, 4) is 22.4 Å². The van der Waals surface area contributed by atoms with Crippen LogP contribution in [0.1, 0.15) is 5.56 Å². The van der Waals surface area contributed by atoms with Crippen molar-refractivity contribution >= 4 is 23.8 Å². The fraction of sp³-hybridized carbons (Fsp3) is 0. The predicted molar refractivity (Wildman–Crippen MR) is 112 cm³/mol. The fourth-order valence-electron chi connectivity index (χ4n) is 2.76. The Labute approximate surface area is 162 Å². The van der Waals surface area contributed by atoms with Gasteiger partial charge in [0, 0.05) is 10.6 Å². The molecule has 132 valence electrons. The van der Waals surface area contributed by atoms with Gasteiger partial charge in [0.05, 0.1) is 18.1 Å². The molecule has 3 aromatic carbocycles. The average Bonchev–Trinajstić information content (AvgIpc) is 3.09. The van der Waals surface area contributed by atoms with Crippen LogP contribution in [0.4, 0.5) is 5.95 Å². The number of nitrogens with two attached hydrogens (primary N) is 1. The highest BCUT2D eigenvalue weighted by Crippen LogP contribution is 2.25. The number of benzene rings is 3. The van der Waals surface area contributed by atoms with Gasteiger partial charge in [-0.05, 0) is 28.8 Å². The Balaban J connectivity index is 1.56. The second-order valence-corrected chi connectivity index (χ2v) is 6.50. The molecule has 4 aromatic rings. The van der Waals surface area contributed by atoms with Crippen LogP contribution in [-0.4, -0.2) is 15.9 Å². The van der Waals surface area contributed by atoms with E-state index in [4.69, 9.17) is 17.3 Å². The summed E-state index contributed by atoms with van der Waals surface area (Å²) in [6, 6.07) is 25.9. The topological polar surface area (TPSA) is 56.2 Å². The first-order valence-corrected chi connectivity index (χ1v) is 8.87. The SMILES string of the molecule is Nc1nc(-c2ccc(-c3ccccc3)cc2)cn1/N=C/c1ccc(Cl)cc1.